The fraction of sp³-hybridized carbons (Fsp3) is 0.0714. The van der Waals surface area contributed by atoms with Crippen LogP contribution < -0.4 is 5.73 Å². The number of aryl methyl sites for hydroxylation is 1. The summed E-state index contributed by atoms with van der Waals surface area (Å²) in [5.41, 5.74) is 9.35. The fourth-order valence-corrected chi connectivity index (χ4v) is 1.98. The van der Waals surface area contributed by atoms with Crippen LogP contribution in [0, 0.1) is 6.92 Å². The zero-order chi connectivity index (χ0) is 13.2. The van der Waals surface area contributed by atoms with E-state index in [0.29, 0.717) is 11.6 Å². The van der Waals surface area contributed by atoms with Crippen molar-refractivity contribution in [3.63, 3.8) is 0 Å². The molecule has 0 unspecified atom stereocenters. The predicted octanol–water partition coefficient (Wildman–Crippen LogP) is 2.69. The van der Waals surface area contributed by atoms with Crippen molar-refractivity contribution in [2.24, 2.45) is 0 Å². The second kappa shape index (κ2) is 4.53. The Morgan fingerprint density at radius 2 is 2.05 bits per heavy atom. The van der Waals surface area contributed by atoms with Crippen molar-refractivity contribution in [1.82, 2.24) is 15.1 Å². The van der Waals surface area contributed by atoms with E-state index in [9.17, 15) is 0 Å². The molecule has 19 heavy (non-hydrogen) atoms. The number of anilines is 1. The van der Waals surface area contributed by atoms with Gasteiger partial charge in [-0.05, 0) is 25.1 Å². The maximum atomic E-state index is 5.90. The molecule has 0 atom stereocenters. The van der Waals surface area contributed by atoms with E-state index >= 15 is 0 Å². The molecule has 0 aromatic carbocycles. The summed E-state index contributed by atoms with van der Waals surface area (Å²) in [6.45, 7) is 1.92. The van der Waals surface area contributed by atoms with Crippen molar-refractivity contribution < 1.29 is 4.52 Å². The van der Waals surface area contributed by atoms with Gasteiger partial charge < -0.3 is 10.3 Å². The molecule has 0 saturated heterocycles. The van der Waals surface area contributed by atoms with Crippen LogP contribution in [0.15, 0.2) is 47.4 Å². The van der Waals surface area contributed by atoms with E-state index in [1.54, 1.807) is 18.6 Å². The standard InChI is InChI=1S/C14H12N4O/c1-9-7-10(4-6-17-9)13-12(14(15)18-19-13)11-3-2-5-16-8-11/h2-8H,1H3,(H2,15,18). The highest BCUT2D eigenvalue weighted by Gasteiger charge is 2.17. The van der Waals surface area contributed by atoms with Crippen molar-refractivity contribution >= 4 is 5.82 Å². The van der Waals surface area contributed by atoms with E-state index in [0.717, 1.165) is 22.4 Å². The first-order chi connectivity index (χ1) is 9.25. The Balaban J connectivity index is 2.19. The third-order valence-corrected chi connectivity index (χ3v) is 2.83. The van der Waals surface area contributed by atoms with Crippen molar-refractivity contribution in [2.45, 2.75) is 6.92 Å². The molecule has 0 fully saturated rings. The zero-order valence-corrected chi connectivity index (χ0v) is 10.4. The van der Waals surface area contributed by atoms with Gasteiger partial charge in [0.25, 0.3) is 0 Å². The third kappa shape index (κ3) is 2.06. The normalized spacial score (nSPS) is 10.6. The van der Waals surface area contributed by atoms with Gasteiger partial charge in [0.1, 0.15) is 0 Å². The minimum Gasteiger partial charge on any atom is -0.380 e. The van der Waals surface area contributed by atoms with Crippen molar-refractivity contribution in [1.29, 1.82) is 0 Å². The monoisotopic (exact) mass is 252 g/mol. The van der Waals surface area contributed by atoms with Gasteiger partial charge in [-0.3, -0.25) is 9.97 Å². The molecule has 3 rings (SSSR count). The number of hydrogen-bond donors (Lipinski definition) is 1. The van der Waals surface area contributed by atoms with E-state index in [4.69, 9.17) is 10.3 Å². The molecular weight excluding hydrogens is 240 g/mol. The van der Waals surface area contributed by atoms with Crippen molar-refractivity contribution in [3.05, 3.63) is 48.5 Å². The van der Waals surface area contributed by atoms with E-state index < -0.39 is 0 Å². The molecule has 3 aromatic rings. The number of rotatable bonds is 2. The first-order valence-corrected chi connectivity index (χ1v) is 5.84. The van der Waals surface area contributed by atoms with Crippen LogP contribution in [-0.4, -0.2) is 15.1 Å². The molecule has 0 aliphatic rings. The Morgan fingerprint density at radius 1 is 1.16 bits per heavy atom. The van der Waals surface area contributed by atoms with Crippen LogP contribution in [-0.2, 0) is 0 Å². The second-order valence-corrected chi connectivity index (χ2v) is 4.20. The van der Waals surface area contributed by atoms with Gasteiger partial charge in [0, 0.05) is 35.4 Å². The molecule has 0 aliphatic carbocycles. The molecule has 0 radical (unpaired) electrons. The molecule has 94 valence electrons. The molecule has 5 nitrogen and oxygen atoms in total. The molecule has 0 aliphatic heterocycles. The molecule has 0 amide bonds. The molecular formula is C14H12N4O. The van der Waals surface area contributed by atoms with Crippen molar-refractivity contribution in [3.8, 4) is 22.5 Å². The average molecular weight is 252 g/mol. The number of hydrogen-bond acceptors (Lipinski definition) is 5. The molecule has 3 heterocycles. The SMILES string of the molecule is Cc1cc(-c2onc(N)c2-c2cccnc2)ccn1. The van der Waals surface area contributed by atoms with Crippen LogP contribution in [0.2, 0.25) is 0 Å². The van der Waals surface area contributed by atoms with E-state index in [1.807, 2.05) is 31.2 Å². The number of pyridine rings is 2. The second-order valence-electron chi connectivity index (χ2n) is 4.20. The predicted molar refractivity (Wildman–Crippen MR) is 72.1 cm³/mol. The smallest absolute Gasteiger partial charge is 0.177 e. The van der Waals surface area contributed by atoms with Gasteiger partial charge in [-0.2, -0.15) is 0 Å². The Morgan fingerprint density at radius 3 is 2.79 bits per heavy atom. The van der Waals surface area contributed by atoms with Crippen molar-refractivity contribution in [2.75, 3.05) is 5.73 Å². The Hall–Kier alpha value is -2.69. The quantitative estimate of drug-likeness (QED) is 0.758. The Kier molecular flexibility index (Phi) is 2.72. The van der Waals surface area contributed by atoms with Crippen LogP contribution in [0.3, 0.4) is 0 Å². The van der Waals surface area contributed by atoms with E-state index in [1.165, 1.54) is 0 Å². The van der Waals surface area contributed by atoms with Crippen LogP contribution in [0.4, 0.5) is 5.82 Å². The average Bonchev–Trinajstić information content (AvgIpc) is 2.82. The summed E-state index contributed by atoms with van der Waals surface area (Å²) < 4.78 is 5.36. The first kappa shape index (κ1) is 11.4. The zero-order valence-electron chi connectivity index (χ0n) is 10.4. The molecule has 3 aromatic heterocycles. The minimum absolute atomic E-state index is 0.359. The summed E-state index contributed by atoms with van der Waals surface area (Å²) in [5.74, 6) is 0.994. The first-order valence-electron chi connectivity index (χ1n) is 5.84. The van der Waals surface area contributed by atoms with Crippen LogP contribution in [0.1, 0.15) is 5.69 Å². The molecule has 0 spiro atoms. The summed E-state index contributed by atoms with van der Waals surface area (Å²) in [6, 6.07) is 7.57. The van der Waals surface area contributed by atoms with Crippen LogP contribution in [0.5, 0.6) is 0 Å². The summed E-state index contributed by atoms with van der Waals surface area (Å²) in [4.78, 5) is 8.27. The number of nitrogens with two attached hydrogens (primary N) is 1. The summed E-state index contributed by atoms with van der Waals surface area (Å²) >= 11 is 0. The van der Waals surface area contributed by atoms with E-state index in [2.05, 4.69) is 15.1 Å². The Bertz CT molecular complexity index is 706. The summed E-state index contributed by atoms with van der Waals surface area (Å²) in [6.07, 6.45) is 5.18. The fourth-order valence-electron chi connectivity index (χ4n) is 1.98. The Labute approximate surface area is 110 Å². The lowest BCUT2D eigenvalue weighted by molar-refractivity contribution is 0.436. The lowest BCUT2D eigenvalue weighted by Crippen LogP contribution is -1.89. The highest BCUT2D eigenvalue weighted by molar-refractivity contribution is 5.86. The van der Waals surface area contributed by atoms with Crippen LogP contribution >= 0.6 is 0 Å². The lowest BCUT2D eigenvalue weighted by Gasteiger charge is -2.02. The maximum Gasteiger partial charge on any atom is 0.177 e. The summed E-state index contributed by atoms with van der Waals surface area (Å²) in [7, 11) is 0. The molecule has 5 heteroatoms. The number of nitrogen functional groups attached to an aromatic ring is 1. The number of aromatic nitrogens is 3. The highest BCUT2D eigenvalue weighted by Crippen LogP contribution is 2.35. The van der Waals surface area contributed by atoms with Gasteiger partial charge in [0.05, 0.1) is 5.56 Å². The maximum absolute atomic E-state index is 5.90. The minimum atomic E-state index is 0.359. The largest absolute Gasteiger partial charge is 0.380 e. The van der Waals surface area contributed by atoms with E-state index in [-0.39, 0.29) is 0 Å². The topological polar surface area (TPSA) is 77.8 Å². The van der Waals surface area contributed by atoms with Gasteiger partial charge in [-0.15, -0.1) is 0 Å². The van der Waals surface area contributed by atoms with Gasteiger partial charge in [-0.1, -0.05) is 11.2 Å². The number of nitrogens with zero attached hydrogens (tertiary/aromatic N) is 3. The van der Waals surface area contributed by atoms with Gasteiger partial charge in [-0.25, -0.2) is 0 Å². The molecule has 2 N–H and O–H groups in total. The van der Waals surface area contributed by atoms with Gasteiger partial charge in [0.15, 0.2) is 11.6 Å². The highest BCUT2D eigenvalue weighted by atomic mass is 16.5. The van der Waals surface area contributed by atoms with Gasteiger partial charge >= 0.3 is 0 Å². The van der Waals surface area contributed by atoms with Crippen LogP contribution in [0.25, 0.3) is 22.5 Å². The van der Waals surface area contributed by atoms with Gasteiger partial charge in [0.2, 0.25) is 0 Å². The molecule has 0 bridgehead atoms. The summed E-state index contributed by atoms with van der Waals surface area (Å²) in [5, 5.41) is 3.85. The molecule has 0 saturated carbocycles. The third-order valence-electron chi connectivity index (χ3n) is 2.83. The lowest BCUT2D eigenvalue weighted by atomic mass is 10.0.